The molecule has 1 aromatic rings. The number of rotatable bonds is 5. The van der Waals surface area contributed by atoms with E-state index in [2.05, 4.69) is 15.2 Å². The van der Waals surface area contributed by atoms with Crippen LogP contribution in [0.1, 0.15) is 16.9 Å². The molecule has 1 aliphatic heterocycles. The first kappa shape index (κ1) is 13.8. The van der Waals surface area contributed by atoms with Crippen LogP contribution in [0.15, 0.2) is 18.3 Å². The van der Waals surface area contributed by atoms with Gasteiger partial charge in [-0.1, -0.05) is 0 Å². The maximum atomic E-state index is 11.7. The molecule has 2 heterocycles. The smallest absolute Gasteiger partial charge is 0.273 e. The molecule has 0 unspecified atom stereocenters. The average molecular weight is 265 g/mol. The Bertz CT molecular complexity index is 419. The molecule has 0 atom stereocenters. The van der Waals surface area contributed by atoms with Crippen LogP contribution in [-0.4, -0.2) is 60.3 Å². The van der Waals surface area contributed by atoms with Gasteiger partial charge >= 0.3 is 0 Å². The second-order valence-electron chi connectivity index (χ2n) is 4.43. The Kier molecular flexibility index (Phi) is 5.11. The van der Waals surface area contributed by atoms with Gasteiger partial charge in [0.05, 0.1) is 13.2 Å². The lowest BCUT2D eigenvalue weighted by Crippen LogP contribution is -2.38. The first-order chi connectivity index (χ1) is 9.27. The molecule has 19 heavy (non-hydrogen) atoms. The number of hydrogen-bond acceptors (Lipinski definition) is 5. The van der Waals surface area contributed by atoms with E-state index in [1.165, 1.54) is 12.3 Å². The van der Waals surface area contributed by atoms with Crippen molar-refractivity contribution >= 4 is 5.91 Å². The van der Waals surface area contributed by atoms with Gasteiger partial charge in [-0.15, -0.1) is 0 Å². The highest BCUT2D eigenvalue weighted by Crippen LogP contribution is 2.11. The van der Waals surface area contributed by atoms with Crippen molar-refractivity contribution in [3.05, 3.63) is 24.0 Å². The van der Waals surface area contributed by atoms with Gasteiger partial charge in [-0.3, -0.25) is 9.69 Å². The summed E-state index contributed by atoms with van der Waals surface area (Å²) in [5.74, 6) is -0.423. The van der Waals surface area contributed by atoms with Gasteiger partial charge in [-0.25, -0.2) is 4.98 Å². The molecule has 0 saturated carbocycles. The normalized spacial score (nSPS) is 16.2. The second kappa shape index (κ2) is 7.06. The van der Waals surface area contributed by atoms with Crippen molar-refractivity contribution in [2.45, 2.75) is 6.42 Å². The molecule has 1 amide bonds. The Balaban J connectivity index is 1.68. The second-order valence-corrected chi connectivity index (χ2v) is 4.43. The number of carbonyl (C=O) groups is 1. The van der Waals surface area contributed by atoms with E-state index in [0.717, 1.165) is 39.3 Å². The number of aromatic hydroxyl groups is 1. The number of morpholine rings is 1. The van der Waals surface area contributed by atoms with E-state index in [0.29, 0.717) is 6.54 Å². The third kappa shape index (κ3) is 4.18. The maximum absolute atomic E-state index is 11.7. The third-order valence-electron chi connectivity index (χ3n) is 3.04. The number of nitrogens with one attached hydrogen (secondary N) is 1. The van der Waals surface area contributed by atoms with Gasteiger partial charge in [0.15, 0.2) is 5.69 Å². The predicted molar refractivity (Wildman–Crippen MR) is 70.1 cm³/mol. The Morgan fingerprint density at radius 2 is 2.26 bits per heavy atom. The topological polar surface area (TPSA) is 74.7 Å². The van der Waals surface area contributed by atoms with Crippen LogP contribution in [0, 0.1) is 0 Å². The van der Waals surface area contributed by atoms with Crippen LogP contribution in [0.25, 0.3) is 0 Å². The van der Waals surface area contributed by atoms with Crippen molar-refractivity contribution in [1.29, 1.82) is 0 Å². The molecule has 1 saturated heterocycles. The monoisotopic (exact) mass is 265 g/mol. The van der Waals surface area contributed by atoms with Crippen LogP contribution in [0.4, 0.5) is 0 Å². The third-order valence-corrected chi connectivity index (χ3v) is 3.04. The Morgan fingerprint density at radius 1 is 1.47 bits per heavy atom. The van der Waals surface area contributed by atoms with Crippen molar-refractivity contribution in [2.24, 2.45) is 0 Å². The molecular weight excluding hydrogens is 246 g/mol. The van der Waals surface area contributed by atoms with Gasteiger partial charge < -0.3 is 15.2 Å². The van der Waals surface area contributed by atoms with Crippen LogP contribution >= 0.6 is 0 Å². The van der Waals surface area contributed by atoms with Crippen LogP contribution in [0.2, 0.25) is 0 Å². The molecule has 104 valence electrons. The molecule has 0 bridgehead atoms. The Morgan fingerprint density at radius 3 is 3.00 bits per heavy atom. The summed E-state index contributed by atoms with van der Waals surface area (Å²) in [6.07, 6.45) is 2.36. The molecule has 0 aromatic carbocycles. The summed E-state index contributed by atoms with van der Waals surface area (Å²) in [6, 6.07) is 3.04. The van der Waals surface area contributed by atoms with Gasteiger partial charge in [0.2, 0.25) is 0 Å². The minimum atomic E-state index is -0.333. The number of nitrogens with zero attached hydrogens (tertiary/aromatic N) is 2. The number of carbonyl (C=O) groups excluding carboxylic acids is 1. The zero-order chi connectivity index (χ0) is 13.5. The first-order valence-corrected chi connectivity index (χ1v) is 6.49. The van der Waals surface area contributed by atoms with E-state index >= 15 is 0 Å². The maximum Gasteiger partial charge on any atom is 0.273 e. The summed E-state index contributed by atoms with van der Waals surface area (Å²) in [4.78, 5) is 17.9. The molecular formula is C13H19N3O3. The van der Waals surface area contributed by atoms with Gasteiger partial charge in [0.1, 0.15) is 5.75 Å². The molecule has 0 spiro atoms. The Labute approximate surface area is 112 Å². The van der Waals surface area contributed by atoms with Crippen molar-refractivity contribution in [1.82, 2.24) is 15.2 Å². The van der Waals surface area contributed by atoms with Crippen molar-refractivity contribution in [2.75, 3.05) is 39.4 Å². The molecule has 6 heteroatoms. The Hall–Kier alpha value is -1.66. The zero-order valence-corrected chi connectivity index (χ0v) is 10.8. The molecule has 1 aliphatic rings. The fourth-order valence-electron chi connectivity index (χ4n) is 1.98. The highest BCUT2D eigenvalue weighted by atomic mass is 16.5. The zero-order valence-electron chi connectivity index (χ0n) is 10.8. The standard InChI is InChI=1S/C13H19N3O3/c17-11-3-1-4-14-12(11)13(18)15-5-2-6-16-7-9-19-10-8-16/h1,3-4,17H,2,5-10H2,(H,15,18). The quantitative estimate of drug-likeness (QED) is 0.746. The molecule has 0 radical (unpaired) electrons. The highest BCUT2D eigenvalue weighted by molar-refractivity contribution is 5.94. The average Bonchev–Trinajstić information content (AvgIpc) is 2.45. The van der Waals surface area contributed by atoms with Crippen LogP contribution in [0.5, 0.6) is 5.75 Å². The number of amides is 1. The van der Waals surface area contributed by atoms with Crippen LogP contribution < -0.4 is 5.32 Å². The number of aromatic nitrogens is 1. The van der Waals surface area contributed by atoms with Crippen LogP contribution in [-0.2, 0) is 4.74 Å². The molecule has 1 fully saturated rings. The van der Waals surface area contributed by atoms with Crippen molar-refractivity contribution < 1.29 is 14.6 Å². The van der Waals surface area contributed by atoms with Gasteiger partial charge in [0, 0.05) is 25.8 Å². The number of hydrogen-bond donors (Lipinski definition) is 2. The molecule has 0 aliphatic carbocycles. The van der Waals surface area contributed by atoms with Gasteiger partial charge in [-0.05, 0) is 25.1 Å². The lowest BCUT2D eigenvalue weighted by atomic mass is 10.3. The summed E-state index contributed by atoms with van der Waals surface area (Å²) >= 11 is 0. The minimum Gasteiger partial charge on any atom is -0.505 e. The lowest BCUT2D eigenvalue weighted by molar-refractivity contribution is 0.0374. The summed E-state index contributed by atoms with van der Waals surface area (Å²) in [7, 11) is 0. The number of ether oxygens (including phenoxy) is 1. The van der Waals surface area contributed by atoms with Crippen molar-refractivity contribution in [3.63, 3.8) is 0 Å². The van der Waals surface area contributed by atoms with E-state index in [-0.39, 0.29) is 17.4 Å². The van der Waals surface area contributed by atoms with E-state index in [9.17, 15) is 9.90 Å². The highest BCUT2D eigenvalue weighted by Gasteiger charge is 2.12. The fraction of sp³-hybridized carbons (Fsp3) is 0.538. The van der Waals surface area contributed by atoms with Gasteiger partial charge in [-0.2, -0.15) is 0 Å². The summed E-state index contributed by atoms with van der Waals surface area (Å²) in [5, 5.41) is 12.3. The van der Waals surface area contributed by atoms with Crippen LogP contribution in [0.3, 0.4) is 0 Å². The van der Waals surface area contributed by atoms with E-state index < -0.39 is 0 Å². The van der Waals surface area contributed by atoms with Crippen molar-refractivity contribution in [3.8, 4) is 5.75 Å². The van der Waals surface area contributed by atoms with E-state index in [4.69, 9.17) is 4.74 Å². The summed E-state index contributed by atoms with van der Waals surface area (Å²) in [5.41, 5.74) is 0.0777. The lowest BCUT2D eigenvalue weighted by Gasteiger charge is -2.26. The summed E-state index contributed by atoms with van der Waals surface area (Å²) in [6.45, 7) is 5.00. The minimum absolute atomic E-state index is 0.0777. The first-order valence-electron chi connectivity index (χ1n) is 6.49. The number of pyridine rings is 1. The summed E-state index contributed by atoms with van der Waals surface area (Å²) < 4.78 is 5.27. The predicted octanol–water partition coefficient (Wildman–Crippen LogP) is 0.239. The largest absolute Gasteiger partial charge is 0.505 e. The fourth-order valence-corrected chi connectivity index (χ4v) is 1.98. The van der Waals surface area contributed by atoms with E-state index in [1.54, 1.807) is 6.07 Å². The SMILES string of the molecule is O=C(NCCCN1CCOCC1)c1ncccc1O. The van der Waals surface area contributed by atoms with Gasteiger partial charge in [0.25, 0.3) is 5.91 Å². The molecule has 2 N–H and O–H groups in total. The molecule has 6 nitrogen and oxygen atoms in total. The molecule has 2 rings (SSSR count). The molecule has 1 aromatic heterocycles. The van der Waals surface area contributed by atoms with E-state index in [1.807, 2.05) is 0 Å².